The zero-order valence-electron chi connectivity index (χ0n) is 21.6. The largest absolute Gasteiger partial charge is 0.495 e. The molecule has 0 spiro atoms. The average Bonchev–Trinajstić information content (AvgIpc) is 2.97. The topological polar surface area (TPSA) is 95.0 Å². The number of hydrogen-bond donors (Lipinski definition) is 1. The number of nitrogens with one attached hydrogen (secondary N) is 1. The second-order valence-electron chi connectivity index (χ2n) is 8.94. The van der Waals surface area contributed by atoms with Gasteiger partial charge in [-0.3, -0.25) is 4.79 Å². The van der Waals surface area contributed by atoms with E-state index in [1.807, 2.05) is 48.5 Å². The molecule has 4 aromatic rings. The highest BCUT2D eigenvalue weighted by atomic mass is 16.5. The highest BCUT2D eigenvalue weighted by molar-refractivity contribution is 5.91. The smallest absolute Gasteiger partial charge is 0.174 e. The van der Waals surface area contributed by atoms with E-state index in [1.54, 1.807) is 39.8 Å². The van der Waals surface area contributed by atoms with E-state index in [9.17, 15) is 4.79 Å². The summed E-state index contributed by atoms with van der Waals surface area (Å²) in [6, 6.07) is 19.0. The van der Waals surface area contributed by atoms with Gasteiger partial charge in [0.1, 0.15) is 29.9 Å². The lowest BCUT2D eigenvalue weighted by Crippen LogP contribution is -2.49. The molecule has 3 aromatic carbocycles. The molecule has 1 aromatic heterocycles. The SMILES string of the molecule is COc1cc2ncnc(NC3CCN(c4ccc(C=O)cc4OC)C(Oc4ccccc4)C3)c2cc1OC. The lowest BCUT2D eigenvalue weighted by Gasteiger charge is -2.41. The summed E-state index contributed by atoms with van der Waals surface area (Å²) in [6.45, 7) is 0.701. The fraction of sp³-hybridized carbons (Fsp3) is 0.276. The molecular weight excluding hydrogens is 484 g/mol. The van der Waals surface area contributed by atoms with Gasteiger partial charge in [-0.05, 0) is 42.8 Å². The van der Waals surface area contributed by atoms with E-state index in [0.717, 1.165) is 40.9 Å². The number of aromatic nitrogens is 2. The van der Waals surface area contributed by atoms with Crippen molar-refractivity contribution in [3.8, 4) is 23.0 Å². The summed E-state index contributed by atoms with van der Waals surface area (Å²) in [6.07, 6.45) is 3.57. The van der Waals surface area contributed by atoms with Crippen molar-refractivity contribution in [2.24, 2.45) is 0 Å². The molecule has 2 atom stereocenters. The Morgan fingerprint density at radius 2 is 1.68 bits per heavy atom. The molecule has 0 bridgehead atoms. The molecule has 5 rings (SSSR count). The van der Waals surface area contributed by atoms with Crippen LogP contribution in [-0.2, 0) is 0 Å². The number of carbonyl (C=O) groups is 1. The number of fused-ring (bicyclic) bond motifs is 1. The Morgan fingerprint density at radius 1 is 0.921 bits per heavy atom. The molecule has 0 radical (unpaired) electrons. The molecule has 9 heteroatoms. The molecule has 2 heterocycles. The molecule has 1 aliphatic heterocycles. The first-order valence-corrected chi connectivity index (χ1v) is 12.4. The monoisotopic (exact) mass is 514 g/mol. The van der Waals surface area contributed by atoms with Gasteiger partial charge < -0.3 is 29.2 Å². The molecule has 0 aliphatic carbocycles. The fourth-order valence-electron chi connectivity index (χ4n) is 4.80. The van der Waals surface area contributed by atoms with Crippen molar-refractivity contribution >= 4 is 28.7 Å². The van der Waals surface area contributed by atoms with E-state index in [1.165, 1.54) is 0 Å². The van der Waals surface area contributed by atoms with Gasteiger partial charge in [-0.15, -0.1) is 0 Å². The molecule has 2 unspecified atom stereocenters. The number of carbonyl (C=O) groups excluding carboxylic acids is 1. The van der Waals surface area contributed by atoms with Crippen LogP contribution in [0.5, 0.6) is 23.0 Å². The molecule has 38 heavy (non-hydrogen) atoms. The maximum atomic E-state index is 11.3. The Kier molecular flexibility index (Phi) is 7.44. The first kappa shape index (κ1) is 25.1. The van der Waals surface area contributed by atoms with Crippen LogP contribution >= 0.6 is 0 Å². The van der Waals surface area contributed by atoms with E-state index in [2.05, 4.69) is 20.2 Å². The first-order chi connectivity index (χ1) is 18.6. The van der Waals surface area contributed by atoms with Gasteiger partial charge >= 0.3 is 0 Å². The van der Waals surface area contributed by atoms with Gasteiger partial charge in [0.2, 0.25) is 0 Å². The highest BCUT2D eigenvalue weighted by Gasteiger charge is 2.32. The van der Waals surface area contributed by atoms with E-state index >= 15 is 0 Å². The van der Waals surface area contributed by atoms with Crippen LogP contribution in [0.25, 0.3) is 10.9 Å². The third-order valence-electron chi connectivity index (χ3n) is 6.70. The number of anilines is 2. The minimum Gasteiger partial charge on any atom is -0.495 e. The van der Waals surface area contributed by atoms with Gasteiger partial charge in [0.05, 0.1) is 32.5 Å². The van der Waals surface area contributed by atoms with Crippen LogP contribution in [0.15, 0.2) is 67.0 Å². The standard InChI is InChI=1S/C29H30N4O5/c1-35-25-13-19(17-34)9-10-24(25)33-12-11-20(14-28(33)38-21-7-5-4-6-8-21)32-29-22-15-26(36-2)27(37-3)16-23(22)30-18-31-29/h4-10,13,15-18,20,28H,11-12,14H2,1-3H3,(H,30,31,32). The number of piperidine rings is 1. The third kappa shape index (κ3) is 5.13. The lowest BCUT2D eigenvalue weighted by atomic mass is 10.0. The van der Waals surface area contributed by atoms with Crippen LogP contribution in [0.1, 0.15) is 23.2 Å². The number of benzene rings is 3. The molecule has 196 valence electrons. The highest BCUT2D eigenvalue weighted by Crippen LogP contribution is 2.37. The maximum absolute atomic E-state index is 11.3. The van der Waals surface area contributed by atoms with Crippen molar-refractivity contribution < 1.29 is 23.7 Å². The summed E-state index contributed by atoms with van der Waals surface area (Å²) in [5.74, 6) is 3.36. The summed E-state index contributed by atoms with van der Waals surface area (Å²) >= 11 is 0. The van der Waals surface area contributed by atoms with Crippen molar-refractivity contribution in [2.45, 2.75) is 25.1 Å². The molecule has 0 saturated carbocycles. The predicted molar refractivity (Wildman–Crippen MR) is 146 cm³/mol. The van der Waals surface area contributed by atoms with Crippen LogP contribution in [-0.4, -0.2) is 56.4 Å². The zero-order chi connectivity index (χ0) is 26.5. The minimum absolute atomic E-state index is 0.0754. The number of hydrogen-bond acceptors (Lipinski definition) is 9. The Balaban J connectivity index is 1.44. The minimum atomic E-state index is -0.289. The predicted octanol–water partition coefficient (Wildman–Crippen LogP) is 4.95. The molecule has 1 saturated heterocycles. The number of para-hydroxylation sites is 1. The van der Waals surface area contributed by atoms with E-state index in [4.69, 9.17) is 18.9 Å². The van der Waals surface area contributed by atoms with Crippen LogP contribution in [0.2, 0.25) is 0 Å². The average molecular weight is 515 g/mol. The second kappa shape index (κ2) is 11.2. The molecule has 1 fully saturated rings. The Morgan fingerprint density at radius 3 is 2.42 bits per heavy atom. The maximum Gasteiger partial charge on any atom is 0.174 e. The molecule has 0 amide bonds. The number of methoxy groups -OCH3 is 3. The number of rotatable bonds is 9. The molecular formula is C29H30N4O5. The number of nitrogens with zero attached hydrogens (tertiary/aromatic N) is 3. The van der Waals surface area contributed by atoms with Gasteiger partial charge in [0.25, 0.3) is 0 Å². The summed E-state index contributed by atoms with van der Waals surface area (Å²) in [5, 5.41) is 4.46. The quantitative estimate of drug-likeness (QED) is 0.311. The Bertz CT molecular complexity index is 1420. The van der Waals surface area contributed by atoms with Crippen LogP contribution in [0, 0.1) is 0 Å². The number of aldehydes is 1. The van der Waals surface area contributed by atoms with Crippen LogP contribution < -0.4 is 29.2 Å². The molecule has 1 N–H and O–H groups in total. The van der Waals surface area contributed by atoms with Crippen LogP contribution in [0.3, 0.4) is 0 Å². The van der Waals surface area contributed by atoms with Gasteiger partial charge in [0, 0.05) is 36.0 Å². The van der Waals surface area contributed by atoms with E-state index in [-0.39, 0.29) is 12.3 Å². The van der Waals surface area contributed by atoms with Crippen molar-refractivity contribution in [1.29, 1.82) is 0 Å². The van der Waals surface area contributed by atoms with Crippen molar-refractivity contribution in [2.75, 3.05) is 38.1 Å². The number of ether oxygens (including phenoxy) is 4. The summed E-state index contributed by atoms with van der Waals surface area (Å²) in [4.78, 5) is 22.5. The van der Waals surface area contributed by atoms with Gasteiger partial charge in [0.15, 0.2) is 17.7 Å². The zero-order valence-corrected chi connectivity index (χ0v) is 21.6. The van der Waals surface area contributed by atoms with Crippen molar-refractivity contribution in [1.82, 2.24) is 9.97 Å². The van der Waals surface area contributed by atoms with Crippen molar-refractivity contribution in [3.05, 3.63) is 72.6 Å². The fourth-order valence-corrected chi connectivity index (χ4v) is 4.80. The Labute approximate surface area is 221 Å². The Hall–Kier alpha value is -4.53. The van der Waals surface area contributed by atoms with Crippen molar-refractivity contribution in [3.63, 3.8) is 0 Å². The lowest BCUT2D eigenvalue weighted by molar-refractivity contribution is 0.112. The van der Waals surface area contributed by atoms with Gasteiger partial charge in [-0.1, -0.05) is 18.2 Å². The second-order valence-corrected chi connectivity index (χ2v) is 8.94. The molecule has 1 aliphatic rings. The van der Waals surface area contributed by atoms with E-state index in [0.29, 0.717) is 35.8 Å². The third-order valence-corrected chi connectivity index (χ3v) is 6.70. The first-order valence-electron chi connectivity index (χ1n) is 12.4. The van der Waals surface area contributed by atoms with Gasteiger partial charge in [-0.2, -0.15) is 0 Å². The van der Waals surface area contributed by atoms with Gasteiger partial charge in [-0.25, -0.2) is 9.97 Å². The molecule has 9 nitrogen and oxygen atoms in total. The normalized spacial score (nSPS) is 17.1. The summed E-state index contributed by atoms with van der Waals surface area (Å²) in [7, 11) is 4.82. The summed E-state index contributed by atoms with van der Waals surface area (Å²) < 4.78 is 23.1. The van der Waals surface area contributed by atoms with E-state index < -0.39 is 0 Å². The van der Waals surface area contributed by atoms with Crippen LogP contribution in [0.4, 0.5) is 11.5 Å². The summed E-state index contributed by atoms with van der Waals surface area (Å²) in [5.41, 5.74) is 2.20.